The van der Waals surface area contributed by atoms with Gasteiger partial charge in [-0.15, -0.1) is 0 Å². The average molecular weight is 243 g/mol. The van der Waals surface area contributed by atoms with Crippen LogP contribution in [0.25, 0.3) is 0 Å². The van der Waals surface area contributed by atoms with Crippen LogP contribution >= 0.6 is 7.82 Å². The fourth-order valence-electron chi connectivity index (χ4n) is 0.641. The highest BCUT2D eigenvalue weighted by Crippen LogP contribution is 2.36. The van der Waals surface area contributed by atoms with Crippen LogP contribution in [0.4, 0.5) is 0 Å². The largest absolute Gasteiger partial charge is 0.527 e. The van der Waals surface area contributed by atoms with Crippen molar-refractivity contribution in [1.82, 2.24) is 0 Å². The Morgan fingerprint density at radius 3 is 2.20 bits per heavy atom. The molecule has 0 fully saturated rings. The predicted molar refractivity (Wildman–Crippen MR) is 44.4 cm³/mol. The van der Waals surface area contributed by atoms with Crippen molar-refractivity contribution in [3.05, 3.63) is 0 Å². The lowest BCUT2D eigenvalue weighted by atomic mass is 10.1. The molecule has 15 heavy (non-hydrogen) atoms. The summed E-state index contributed by atoms with van der Waals surface area (Å²) in [5.41, 5.74) is 4.99. The molecule has 0 aliphatic rings. The SMILES string of the molecule is NC(C(=O)OP(=O)(O)O)C(O)CC(=O)O. The Morgan fingerprint density at radius 1 is 1.40 bits per heavy atom. The van der Waals surface area contributed by atoms with Gasteiger partial charge in [0, 0.05) is 0 Å². The van der Waals surface area contributed by atoms with Crippen LogP contribution in [0.3, 0.4) is 0 Å². The molecular formula is C5H10NO8P. The van der Waals surface area contributed by atoms with Crippen molar-refractivity contribution >= 4 is 19.8 Å². The third-order valence-electron chi connectivity index (χ3n) is 1.28. The molecule has 0 aromatic rings. The molecule has 0 bridgehead atoms. The lowest BCUT2D eigenvalue weighted by molar-refractivity contribution is -0.143. The van der Waals surface area contributed by atoms with Crippen molar-refractivity contribution in [2.24, 2.45) is 5.73 Å². The minimum Gasteiger partial charge on any atom is -0.481 e. The van der Waals surface area contributed by atoms with E-state index in [0.29, 0.717) is 0 Å². The zero-order valence-electron chi connectivity index (χ0n) is 7.31. The quantitative estimate of drug-likeness (QED) is 0.336. The topological polar surface area (TPSA) is 167 Å². The Labute approximate surface area is 83.7 Å². The van der Waals surface area contributed by atoms with Gasteiger partial charge in [-0.1, -0.05) is 0 Å². The molecule has 0 radical (unpaired) electrons. The normalized spacial score (nSPS) is 15.5. The Balaban J connectivity index is 4.32. The van der Waals surface area contributed by atoms with Crippen LogP contribution in [0.2, 0.25) is 0 Å². The number of aliphatic hydroxyl groups is 1. The van der Waals surface area contributed by atoms with E-state index in [-0.39, 0.29) is 0 Å². The van der Waals surface area contributed by atoms with E-state index in [1.54, 1.807) is 0 Å². The van der Waals surface area contributed by atoms with Gasteiger partial charge in [-0.3, -0.25) is 14.6 Å². The second kappa shape index (κ2) is 5.19. The van der Waals surface area contributed by atoms with Crippen molar-refractivity contribution in [2.75, 3.05) is 0 Å². The summed E-state index contributed by atoms with van der Waals surface area (Å²) in [6, 6.07) is -1.83. The summed E-state index contributed by atoms with van der Waals surface area (Å²) in [5.74, 6) is -2.99. The molecule has 0 saturated heterocycles. The molecule has 0 aliphatic heterocycles. The lowest BCUT2D eigenvalue weighted by Crippen LogP contribution is -2.43. The maximum Gasteiger partial charge on any atom is 0.527 e. The van der Waals surface area contributed by atoms with Gasteiger partial charge in [0.25, 0.3) is 0 Å². The van der Waals surface area contributed by atoms with Crippen LogP contribution < -0.4 is 5.73 Å². The van der Waals surface area contributed by atoms with Gasteiger partial charge in [0.05, 0.1) is 12.5 Å². The van der Waals surface area contributed by atoms with Gasteiger partial charge >= 0.3 is 19.8 Å². The third-order valence-corrected chi connectivity index (χ3v) is 1.70. The molecule has 10 heteroatoms. The van der Waals surface area contributed by atoms with Crippen molar-refractivity contribution in [3.63, 3.8) is 0 Å². The standard InChI is InChI=1S/C5H10NO8P/c6-4(2(7)1-3(8)9)5(10)14-15(11,12)13/h2,4,7H,1,6H2,(H,8,9)(H2,11,12,13). The molecule has 88 valence electrons. The van der Waals surface area contributed by atoms with Gasteiger partial charge in [-0.05, 0) is 0 Å². The highest BCUT2D eigenvalue weighted by Gasteiger charge is 2.31. The van der Waals surface area contributed by atoms with Crippen molar-refractivity contribution in [3.8, 4) is 0 Å². The van der Waals surface area contributed by atoms with Gasteiger partial charge < -0.3 is 20.5 Å². The molecule has 0 spiro atoms. The number of aliphatic carboxylic acids is 1. The summed E-state index contributed by atoms with van der Waals surface area (Å²) in [5, 5.41) is 17.2. The second-order valence-corrected chi connectivity index (χ2v) is 3.76. The van der Waals surface area contributed by atoms with Crippen LogP contribution in [0.15, 0.2) is 0 Å². The molecule has 6 N–H and O–H groups in total. The molecule has 0 saturated carbocycles. The van der Waals surface area contributed by atoms with E-state index in [4.69, 9.17) is 25.7 Å². The zero-order chi connectivity index (χ0) is 12.2. The van der Waals surface area contributed by atoms with E-state index in [1.165, 1.54) is 0 Å². The van der Waals surface area contributed by atoms with Gasteiger partial charge in [-0.2, -0.15) is 0 Å². The first-order valence-corrected chi connectivity index (χ1v) is 5.11. The Kier molecular flexibility index (Phi) is 4.85. The smallest absolute Gasteiger partial charge is 0.481 e. The average Bonchev–Trinajstić information content (AvgIpc) is 1.98. The van der Waals surface area contributed by atoms with E-state index < -0.39 is 38.3 Å². The van der Waals surface area contributed by atoms with Gasteiger partial charge in [0.15, 0.2) is 0 Å². The number of carboxylic acid groups (broad SMARTS) is 1. The Morgan fingerprint density at radius 2 is 1.87 bits per heavy atom. The molecule has 0 aliphatic carbocycles. The number of hydrogen-bond donors (Lipinski definition) is 5. The molecule has 0 amide bonds. The predicted octanol–water partition coefficient (Wildman–Crippen LogP) is -2.21. The van der Waals surface area contributed by atoms with Gasteiger partial charge in [0.1, 0.15) is 6.04 Å². The zero-order valence-corrected chi connectivity index (χ0v) is 8.20. The van der Waals surface area contributed by atoms with E-state index >= 15 is 0 Å². The number of carboxylic acids is 1. The summed E-state index contributed by atoms with van der Waals surface area (Å²) in [7, 11) is -5.04. The van der Waals surface area contributed by atoms with Crippen molar-refractivity contribution < 1.29 is 38.7 Å². The number of carbonyl (C=O) groups excluding carboxylic acids is 1. The maximum absolute atomic E-state index is 10.8. The number of aliphatic hydroxyl groups excluding tert-OH is 1. The van der Waals surface area contributed by atoms with Crippen molar-refractivity contribution in [1.29, 1.82) is 0 Å². The maximum atomic E-state index is 10.8. The summed E-state index contributed by atoms with van der Waals surface area (Å²) in [6.07, 6.45) is -2.61. The molecular weight excluding hydrogens is 233 g/mol. The van der Waals surface area contributed by atoms with E-state index in [0.717, 1.165) is 0 Å². The minimum absolute atomic E-state index is 0.836. The number of nitrogens with two attached hydrogens (primary N) is 1. The van der Waals surface area contributed by atoms with E-state index in [1.807, 2.05) is 0 Å². The summed E-state index contributed by atoms with van der Waals surface area (Å²) in [4.78, 5) is 37.3. The molecule has 0 aromatic carbocycles. The first-order valence-electron chi connectivity index (χ1n) is 3.58. The molecule has 0 aromatic heterocycles. The first kappa shape index (κ1) is 14.0. The monoisotopic (exact) mass is 243 g/mol. The fourth-order valence-corrected chi connectivity index (χ4v) is 0.997. The summed E-state index contributed by atoms with van der Waals surface area (Å²) >= 11 is 0. The van der Waals surface area contributed by atoms with Crippen LogP contribution in [0.5, 0.6) is 0 Å². The molecule has 0 heterocycles. The van der Waals surface area contributed by atoms with Crippen LogP contribution in [-0.4, -0.2) is 44.1 Å². The molecule has 2 unspecified atom stereocenters. The van der Waals surface area contributed by atoms with Gasteiger partial charge in [-0.25, -0.2) is 9.36 Å². The number of carbonyl (C=O) groups is 2. The Hall–Kier alpha value is -0.990. The Bertz CT molecular complexity index is 297. The number of phosphoric ester groups is 1. The van der Waals surface area contributed by atoms with Crippen LogP contribution in [-0.2, 0) is 18.7 Å². The first-order chi connectivity index (χ1) is 6.63. The highest BCUT2D eigenvalue weighted by atomic mass is 31.2. The molecule has 2 atom stereocenters. The number of phosphoric acid groups is 1. The van der Waals surface area contributed by atoms with Crippen molar-refractivity contribution in [2.45, 2.75) is 18.6 Å². The number of rotatable bonds is 5. The fraction of sp³-hybridized carbons (Fsp3) is 0.600. The molecule has 0 rings (SSSR count). The second-order valence-electron chi connectivity index (χ2n) is 2.59. The summed E-state index contributed by atoms with van der Waals surface area (Å²) in [6.45, 7) is 0. The van der Waals surface area contributed by atoms with E-state index in [2.05, 4.69) is 4.52 Å². The third kappa shape index (κ3) is 6.15. The van der Waals surface area contributed by atoms with Crippen LogP contribution in [0.1, 0.15) is 6.42 Å². The van der Waals surface area contributed by atoms with Crippen LogP contribution in [0, 0.1) is 0 Å². The minimum atomic E-state index is -5.04. The number of hydrogen-bond acceptors (Lipinski definition) is 6. The lowest BCUT2D eigenvalue weighted by Gasteiger charge is -2.15. The van der Waals surface area contributed by atoms with E-state index in [9.17, 15) is 14.2 Å². The van der Waals surface area contributed by atoms with Gasteiger partial charge in [0.2, 0.25) is 0 Å². The molecule has 9 nitrogen and oxygen atoms in total. The highest BCUT2D eigenvalue weighted by molar-refractivity contribution is 7.46. The summed E-state index contributed by atoms with van der Waals surface area (Å²) < 4.78 is 13.7.